The van der Waals surface area contributed by atoms with Gasteiger partial charge in [-0.3, -0.25) is 18.8 Å². The molecule has 0 bridgehead atoms. The van der Waals surface area contributed by atoms with E-state index in [1.165, 1.54) is 20.2 Å². The van der Waals surface area contributed by atoms with Gasteiger partial charge in [0.2, 0.25) is 11.7 Å². The minimum atomic E-state index is -4.99. The predicted molar refractivity (Wildman–Crippen MR) is 217 cm³/mol. The Balaban J connectivity index is 1.10. The number of benzene rings is 2. The first-order valence-electron chi connectivity index (χ1n) is 18.9. The maximum absolute atomic E-state index is 14.0. The van der Waals surface area contributed by atoms with Gasteiger partial charge >= 0.3 is 17.9 Å². The molecule has 3 aliphatic rings. The fourth-order valence-corrected chi connectivity index (χ4v) is 9.13. The van der Waals surface area contributed by atoms with E-state index in [-0.39, 0.29) is 33.7 Å². The summed E-state index contributed by atoms with van der Waals surface area (Å²) in [5.74, 6) is -1.54. The molecular formula is C40H40Cl2F3N9O5. The number of aryl methyl sites for hydroxylation is 2. The number of fused-ring (bicyclic) bond motifs is 2. The fraction of sp³-hybridized carbons (Fsp3) is 0.400. The molecule has 2 fully saturated rings. The summed E-state index contributed by atoms with van der Waals surface area (Å²) < 4.78 is 54.6. The number of nitrogens with one attached hydrogen (secondary N) is 2. The Kier molecular flexibility index (Phi) is 10.6. The van der Waals surface area contributed by atoms with Crippen molar-refractivity contribution in [3.05, 3.63) is 90.3 Å². The monoisotopic (exact) mass is 853 g/mol. The van der Waals surface area contributed by atoms with Crippen LogP contribution in [0.2, 0.25) is 10.0 Å². The Bertz CT molecular complexity index is 2640. The Morgan fingerprint density at radius 3 is 2.37 bits per heavy atom. The van der Waals surface area contributed by atoms with E-state index in [9.17, 15) is 27.6 Å². The second-order valence-electron chi connectivity index (χ2n) is 15.1. The number of halogens is 5. The number of amides is 2. The Hall–Kier alpha value is -5.23. The molecule has 2 atom stereocenters. The van der Waals surface area contributed by atoms with Crippen molar-refractivity contribution in [2.75, 3.05) is 52.3 Å². The van der Waals surface area contributed by atoms with Crippen LogP contribution in [0.4, 0.5) is 29.5 Å². The summed E-state index contributed by atoms with van der Waals surface area (Å²) in [4.78, 5) is 55.2. The lowest BCUT2D eigenvalue weighted by molar-refractivity contribution is -0.144. The summed E-state index contributed by atoms with van der Waals surface area (Å²) in [6.07, 6.45) is -1.65. The number of hydrogen-bond acceptors (Lipinski definition) is 10. The van der Waals surface area contributed by atoms with Gasteiger partial charge in [-0.2, -0.15) is 13.2 Å². The van der Waals surface area contributed by atoms with E-state index >= 15 is 0 Å². The van der Waals surface area contributed by atoms with E-state index in [0.29, 0.717) is 53.0 Å². The van der Waals surface area contributed by atoms with Gasteiger partial charge < -0.3 is 25.0 Å². The lowest BCUT2D eigenvalue weighted by atomic mass is 9.92. The van der Waals surface area contributed by atoms with Gasteiger partial charge in [-0.1, -0.05) is 53.5 Å². The number of hydrogen-bond donors (Lipinski definition) is 2. The van der Waals surface area contributed by atoms with Crippen LogP contribution in [0.25, 0.3) is 33.4 Å². The second-order valence-corrected chi connectivity index (χ2v) is 15.8. The molecule has 0 radical (unpaired) electrons. The van der Waals surface area contributed by atoms with Crippen molar-refractivity contribution in [2.45, 2.75) is 43.4 Å². The molecule has 59 heavy (non-hydrogen) atoms. The number of rotatable bonds is 9. The molecule has 19 heteroatoms. The molecule has 2 N–H and O–H groups in total. The molecule has 0 saturated carbocycles. The summed E-state index contributed by atoms with van der Waals surface area (Å²) in [6, 6.07) is 12.3. The number of ether oxygens (including phenoxy) is 2. The van der Waals surface area contributed by atoms with Crippen molar-refractivity contribution < 1.29 is 27.4 Å². The molecular weight excluding hydrogens is 814 g/mol. The zero-order valence-electron chi connectivity index (χ0n) is 32.5. The number of pyridine rings is 1. The smallest absolute Gasteiger partial charge is 0.451 e. The second kappa shape index (κ2) is 15.4. The van der Waals surface area contributed by atoms with Crippen LogP contribution >= 0.6 is 23.2 Å². The van der Waals surface area contributed by atoms with Gasteiger partial charge in [-0.15, -0.1) is 0 Å². The third-order valence-electron chi connectivity index (χ3n) is 11.6. The van der Waals surface area contributed by atoms with Crippen LogP contribution in [-0.4, -0.2) is 92.5 Å². The molecule has 1 spiro atoms. The zero-order chi connectivity index (χ0) is 42.0. The van der Waals surface area contributed by atoms with E-state index in [4.69, 9.17) is 37.7 Å². The number of urea groups is 1. The van der Waals surface area contributed by atoms with Gasteiger partial charge in [-0.05, 0) is 43.4 Å². The number of likely N-dealkylation sites (tertiary alicyclic amines) is 1. The van der Waals surface area contributed by atoms with Crippen LogP contribution in [-0.2, 0) is 31.4 Å². The van der Waals surface area contributed by atoms with Crippen LogP contribution in [0.3, 0.4) is 0 Å². The molecule has 0 unspecified atom stereocenters. The first-order valence-corrected chi connectivity index (χ1v) is 19.7. The van der Waals surface area contributed by atoms with Gasteiger partial charge in [0.1, 0.15) is 11.2 Å². The quantitative estimate of drug-likeness (QED) is 0.173. The van der Waals surface area contributed by atoms with Crippen molar-refractivity contribution >= 4 is 51.8 Å². The van der Waals surface area contributed by atoms with E-state index in [1.54, 1.807) is 43.4 Å². The van der Waals surface area contributed by atoms with E-state index in [0.717, 1.165) is 59.0 Å². The van der Waals surface area contributed by atoms with E-state index in [1.807, 2.05) is 12.1 Å². The summed E-state index contributed by atoms with van der Waals surface area (Å²) in [5.41, 5.74) is 1.82. The lowest BCUT2D eigenvalue weighted by Crippen LogP contribution is -2.61. The highest BCUT2D eigenvalue weighted by atomic mass is 35.5. The van der Waals surface area contributed by atoms with Crippen molar-refractivity contribution in [3.63, 3.8) is 0 Å². The highest BCUT2D eigenvalue weighted by Crippen LogP contribution is 2.47. The molecule has 2 saturated heterocycles. The largest absolute Gasteiger partial charge is 0.481 e. The Labute approximate surface area is 345 Å². The highest BCUT2D eigenvalue weighted by Gasteiger charge is 2.47. The molecule has 14 nitrogen and oxygen atoms in total. The number of carbonyl (C=O) groups excluding carboxylic acids is 1. The Morgan fingerprint density at radius 2 is 1.66 bits per heavy atom. The number of alkyl halides is 3. The SMILES string of the molecule is COCCN1CC[C@]2(CCN([C@H]3CCc4cc(-c5cccc(-c6cccc(Nc7nc(C(F)(F)F)nc8c7c(=O)n(C)c(=O)n8C)c6Cl)c5Cl)nc(OC)c43)C2)NC1=O. The minimum Gasteiger partial charge on any atom is -0.481 e. The molecule has 8 rings (SSSR count). The van der Waals surface area contributed by atoms with Gasteiger partial charge in [0.25, 0.3) is 5.56 Å². The number of carbonyl (C=O) groups is 1. The molecule has 2 aromatic carbocycles. The van der Waals surface area contributed by atoms with Crippen molar-refractivity contribution in [2.24, 2.45) is 14.1 Å². The molecule has 5 heterocycles. The Morgan fingerprint density at radius 1 is 0.949 bits per heavy atom. The van der Waals surface area contributed by atoms with Crippen molar-refractivity contribution in [1.29, 1.82) is 0 Å². The highest BCUT2D eigenvalue weighted by molar-refractivity contribution is 6.39. The van der Waals surface area contributed by atoms with Crippen LogP contribution in [0.1, 0.15) is 42.3 Å². The fourth-order valence-electron chi connectivity index (χ4n) is 8.53. The molecule has 310 valence electrons. The maximum atomic E-state index is 14.0. The first kappa shape index (κ1) is 40.5. The van der Waals surface area contributed by atoms with Gasteiger partial charge in [0.15, 0.2) is 5.65 Å². The standard InChI is InChI=1S/C40H40Cl2F3N9O5/c1-51-33-29(35(55)52(2)38(51)57)32(48-36(49-33)40(43,44)45)46-25-10-6-8-23(31(25)42)22-7-5-9-24(30(22)41)26-19-21-11-12-27(28(21)34(47-26)59-4)54-16-14-39(20-54)13-15-53(17-18-58-3)37(56)50-39/h5-10,19,27H,11-18,20H2,1-4H3,(H,50,56)(H,46,48,49)/t27-,39+/m0/s1. The third kappa shape index (κ3) is 7.17. The normalized spacial score (nSPS) is 19.4. The summed E-state index contributed by atoms with van der Waals surface area (Å²) in [7, 11) is 5.64. The summed E-state index contributed by atoms with van der Waals surface area (Å²) >= 11 is 14.1. The van der Waals surface area contributed by atoms with Crippen LogP contribution in [0.15, 0.2) is 52.1 Å². The summed E-state index contributed by atoms with van der Waals surface area (Å²) in [5, 5.41) is 6.17. The minimum absolute atomic E-state index is 0.0597. The lowest BCUT2D eigenvalue weighted by Gasteiger charge is -2.40. The zero-order valence-corrected chi connectivity index (χ0v) is 34.1. The third-order valence-corrected chi connectivity index (χ3v) is 12.4. The number of methoxy groups -OCH3 is 2. The van der Waals surface area contributed by atoms with Gasteiger partial charge in [0, 0.05) is 75.7 Å². The topological polar surface area (TPSA) is 149 Å². The molecule has 5 aromatic rings. The van der Waals surface area contributed by atoms with E-state index < -0.39 is 34.7 Å². The molecule has 1 aliphatic carbocycles. The molecule has 3 aromatic heterocycles. The predicted octanol–water partition coefficient (Wildman–Crippen LogP) is 6.33. The van der Waals surface area contributed by atoms with E-state index in [2.05, 4.69) is 25.5 Å². The van der Waals surface area contributed by atoms with Crippen molar-refractivity contribution in [3.8, 4) is 28.3 Å². The van der Waals surface area contributed by atoms with Crippen LogP contribution < -0.4 is 26.6 Å². The first-order chi connectivity index (χ1) is 28.1. The van der Waals surface area contributed by atoms with Gasteiger partial charge in [-0.25, -0.2) is 24.5 Å². The van der Waals surface area contributed by atoms with Gasteiger partial charge in [0.05, 0.1) is 40.7 Å². The number of aromatic nitrogens is 5. The van der Waals surface area contributed by atoms with Crippen LogP contribution in [0.5, 0.6) is 5.88 Å². The number of anilines is 2. The van der Waals surface area contributed by atoms with Crippen molar-refractivity contribution in [1.82, 2.24) is 39.2 Å². The van der Waals surface area contributed by atoms with Crippen LogP contribution in [0, 0.1) is 0 Å². The average molecular weight is 855 g/mol. The molecule has 2 aliphatic heterocycles. The number of nitrogens with zero attached hydrogens (tertiary/aromatic N) is 7. The average Bonchev–Trinajstić information content (AvgIpc) is 3.83. The molecule has 2 amide bonds. The summed E-state index contributed by atoms with van der Waals surface area (Å²) in [6.45, 7) is 3.27. The maximum Gasteiger partial charge on any atom is 0.451 e.